The zero-order chi connectivity index (χ0) is 13.8. The summed E-state index contributed by atoms with van der Waals surface area (Å²) in [4.78, 5) is 4.59. The fourth-order valence-corrected chi connectivity index (χ4v) is 2.15. The molecule has 0 bridgehead atoms. The third kappa shape index (κ3) is 2.56. The van der Waals surface area contributed by atoms with Crippen LogP contribution >= 0.6 is 12.6 Å². The van der Waals surface area contributed by atoms with Crippen LogP contribution in [0.15, 0.2) is 60.7 Å². The van der Waals surface area contributed by atoms with Crippen LogP contribution in [0, 0.1) is 0 Å². The quantitative estimate of drug-likeness (QED) is 0.744. The van der Waals surface area contributed by atoms with Crippen molar-refractivity contribution >= 4 is 12.6 Å². The van der Waals surface area contributed by atoms with E-state index in [-0.39, 0.29) is 0 Å². The first-order valence-electron chi connectivity index (χ1n) is 6.34. The number of aromatic nitrogens is 3. The van der Waals surface area contributed by atoms with E-state index in [1.54, 1.807) is 0 Å². The highest BCUT2D eigenvalue weighted by molar-refractivity contribution is 7.79. The predicted molar refractivity (Wildman–Crippen MR) is 83.4 cm³/mol. The Morgan fingerprint density at radius 2 is 1.25 bits per heavy atom. The van der Waals surface area contributed by atoms with Gasteiger partial charge in [0.15, 0.2) is 5.82 Å². The average molecular weight is 279 g/mol. The summed E-state index contributed by atoms with van der Waals surface area (Å²) in [5.41, 5.74) is 3.68. The van der Waals surface area contributed by atoms with Gasteiger partial charge in [0.25, 0.3) is 0 Å². The number of thiol groups is 1. The maximum Gasteiger partial charge on any atom is 0.161 e. The molecule has 3 aromatic rings. The van der Waals surface area contributed by atoms with Crippen molar-refractivity contribution < 1.29 is 0 Å². The van der Waals surface area contributed by atoms with Crippen molar-refractivity contribution in [3.63, 3.8) is 0 Å². The minimum Gasteiger partial charge on any atom is -0.228 e. The van der Waals surface area contributed by atoms with Crippen molar-refractivity contribution in [2.45, 2.75) is 5.75 Å². The molecule has 20 heavy (non-hydrogen) atoms. The van der Waals surface area contributed by atoms with Crippen LogP contribution in [0.1, 0.15) is 5.82 Å². The van der Waals surface area contributed by atoms with Gasteiger partial charge in [-0.15, -0.1) is 10.2 Å². The molecule has 0 amide bonds. The molecule has 0 N–H and O–H groups in total. The lowest BCUT2D eigenvalue weighted by Crippen LogP contribution is -2.01. The largest absolute Gasteiger partial charge is 0.228 e. The van der Waals surface area contributed by atoms with Crippen LogP contribution in [0.4, 0.5) is 0 Å². The second-order valence-corrected chi connectivity index (χ2v) is 4.63. The molecule has 0 unspecified atom stereocenters. The van der Waals surface area contributed by atoms with Crippen molar-refractivity contribution in [3.05, 3.63) is 66.5 Å². The number of nitrogens with zero attached hydrogens (tertiary/aromatic N) is 3. The number of hydrogen-bond donors (Lipinski definition) is 1. The van der Waals surface area contributed by atoms with Gasteiger partial charge in [0, 0.05) is 11.1 Å². The standard InChI is InChI=1S/C16H13N3S/c20-11-14-17-15(12-7-3-1-4-8-12)16(19-18-14)13-9-5-2-6-10-13/h1-10,20H,11H2. The van der Waals surface area contributed by atoms with E-state index in [1.165, 1.54) is 0 Å². The summed E-state index contributed by atoms with van der Waals surface area (Å²) in [5.74, 6) is 1.11. The molecule has 0 fully saturated rings. The van der Waals surface area contributed by atoms with E-state index in [4.69, 9.17) is 0 Å². The minimum atomic E-state index is 0.474. The van der Waals surface area contributed by atoms with Crippen molar-refractivity contribution in [2.24, 2.45) is 0 Å². The maximum atomic E-state index is 4.59. The zero-order valence-corrected chi connectivity index (χ0v) is 11.7. The number of benzene rings is 2. The highest BCUT2D eigenvalue weighted by Gasteiger charge is 2.12. The van der Waals surface area contributed by atoms with Gasteiger partial charge in [-0.3, -0.25) is 0 Å². The molecule has 4 heteroatoms. The lowest BCUT2D eigenvalue weighted by molar-refractivity contribution is 0.910. The van der Waals surface area contributed by atoms with Gasteiger partial charge in [-0.1, -0.05) is 60.7 Å². The smallest absolute Gasteiger partial charge is 0.161 e. The molecule has 0 radical (unpaired) electrons. The molecule has 1 heterocycles. The first-order chi connectivity index (χ1) is 9.88. The van der Waals surface area contributed by atoms with Crippen molar-refractivity contribution in [2.75, 3.05) is 0 Å². The fourth-order valence-electron chi connectivity index (χ4n) is 2.01. The Balaban J connectivity index is 2.20. The molecule has 0 spiro atoms. The van der Waals surface area contributed by atoms with Gasteiger partial charge in [0.05, 0.1) is 5.75 Å². The summed E-state index contributed by atoms with van der Waals surface area (Å²) < 4.78 is 0. The summed E-state index contributed by atoms with van der Waals surface area (Å²) in [7, 11) is 0. The summed E-state index contributed by atoms with van der Waals surface area (Å²) in [6.45, 7) is 0. The van der Waals surface area contributed by atoms with Crippen molar-refractivity contribution in [1.82, 2.24) is 15.2 Å². The first kappa shape index (κ1) is 12.8. The van der Waals surface area contributed by atoms with Gasteiger partial charge in [0.2, 0.25) is 0 Å². The molecule has 0 saturated heterocycles. The Bertz CT molecular complexity index is 699. The Morgan fingerprint density at radius 1 is 0.700 bits per heavy atom. The average Bonchev–Trinajstić information content (AvgIpc) is 2.56. The monoisotopic (exact) mass is 279 g/mol. The number of hydrogen-bond acceptors (Lipinski definition) is 4. The molecule has 1 aromatic heterocycles. The minimum absolute atomic E-state index is 0.474. The van der Waals surface area contributed by atoms with E-state index in [9.17, 15) is 0 Å². The van der Waals surface area contributed by atoms with Crippen LogP contribution in [0.25, 0.3) is 22.5 Å². The second-order valence-electron chi connectivity index (χ2n) is 4.32. The Morgan fingerprint density at radius 3 is 1.80 bits per heavy atom. The summed E-state index contributed by atoms with van der Waals surface area (Å²) >= 11 is 4.23. The normalized spacial score (nSPS) is 10.4. The molecular weight excluding hydrogens is 266 g/mol. The number of rotatable bonds is 3. The summed E-state index contributed by atoms with van der Waals surface area (Å²) in [5, 5.41) is 8.46. The van der Waals surface area contributed by atoms with Gasteiger partial charge < -0.3 is 0 Å². The van der Waals surface area contributed by atoms with Crippen LogP contribution < -0.4 is 0 Å². The lowest BCUT2D eigenvalue weighted by Gasteiger charge is -2.08. The van der Waals surface area contributed by atoms with E-state index in [1.807, 2.05) is 60.7 Å². The highest BCUT2D eigenvalue weighted by atomic mass is 32.1. The lowest BCUT2D eigenvalue weighted by atomic mass is 10.0. The summed E-state index contributed by atoms with van der Waals surface area (Å²) in [6.07, 6.45) is 0. The molecule has 0 atom stereocenters. The zero-order valence-electron chi connectivity index (χ0n) is 10.8. The molecular formula is C16H13N3S. The summed E-state index contributed by atoms with van der Waals surface area (Å²) in [6, 6.07) is 20.0. The molecule has 0 aliphatic rings. The van der Waals surface area contributed by atoms with E-state index < -0.39 is 0 Å². The third-order valence-electron chi connectivity index (χ3n) is 2.97. The molecule has 2 aromatic carbocycles. The maximum absolute atomic E-state index is 4.59. The van der Waals surface area contributed by atoms with Crippen LogP contribution in [0.3, 0.4) is 0 Å². The highest BCUT2D eigenvalue weighted by Crippen LogP contribution is 2.27. The van der Waals surface area contributed by atoms with Crippen LogP contribution in [-0.2, 0) is 5.75 Å². The van der Waals surface area contributed by atoms with Gasteiger partial charge >= 0.3 is 0 Å². The van der Waals surface area contributed by atoms with Gasteiger partial charge in [-0.25, -0.2) is 4.98 Å². The van der Waals surface area contributed by atoms with E-state index in [2.05, 4.69) is 27.8 Å². The second kappa shape index (κ2) is 5.84. The van der Waals surface area contributed by atoms with Crippen LogP contribution in [0.5, 0.6) is 0 Å². The molecule has 0 aliphatic carbocycles. The topological polar surface area (TPSA) is 38.7 Å². The van der Waals surface area contributed by atoms with Gasteiger partial charge in [0.1, 0.15) is 11.4 Å². The van der Waals surface area contributed by atoms with Gasteiger partial charge in [-0.2, -0.15) is 12.6 Å². The predicted octanol–water partition coefficient (Wildman–Crippen LogP) is 3.64. The fraction of sp³-hybridized carbons (Fsp3) is 0.0625. The Labute approximate surface area is 123 Å². The molecule has 0 aliphatic heterocycles. The SMILES string of the molecule is SCc1nnc(-c2ccccc2)c(-c2ccccc2)n1. The third-order valence-corrected chi connectivity index (χ3v) is 3.25. The van der Waals surface area contributed by atoms with E-state index >= 15 is 0 Å². The van der Waals surface area contributed by atoms with Crippen molar-refractivity contribution in [3.8, 4) is 22.5 Å². The van der Waals surface area contributed by atoms with E-state index in [0.717, 1.165) is 22.5 Å². The Kier molecular flexibility index (Phi) is 3.74. The van der Waals surface area contributed by atoms with Gasteiger partial charge in [-0.05, 0) is 0 Å². The van der Waals surface area contributed by atoms with E-state index in [0.29, 0.717) is 11.6 Å². The molecule has 0 saturated carbocycles. The molecule has 3 rings (SSSR count). The van der Waals surface area contributed by atoms with Crippen LogP contribution in [-0.4, -0.2) is 15.2 Å². The first-order valence-corrected chi connectivity index (χ1v) is 6.97. The van der Waals surface area contributed by atoms with Crippen molar-refractivity contribution in [1.29, 1.82) is 0 Å². The Hall–Kier alpha value is -2.20. The molecule has 3 nitrogen and oxygen atoms in total. The van der Waals surface area contributed by atoms with Crippen LogP contribution in [0.2, 0.25) is 0 Å². The molecule has 98 valence electrons.